The summed E-state index contributed by atoms with van der Waals surface area (Å²) in [6.07, 6.45) is 5.41. The number of hydrogen-bond donors (Lipinski definition) is 1. The zero-order valence-corrected chi connectivity index (χ0v) is 12.1. The largest absolute Gasteiger partial charge is 0.310 e. The number of pyridine rings is 1. The van der Waals surface area contributed by atoms with E-state index in [1.165, 1.54) is 36.8 Å². The minimum atomic E-state index is 0.711. The van der Waals surface area contributed by atoms with Crippen LogP contribution in [0.25, 0.3) is 11.3 Å². The molecular weight excluding hydrogens is 244 g/mol. The maximum atomic E-state index is 4.75. The van der Waals surface area contributed by atoms with E-state index in [-0.39, 0.29) is 0 Å². The molecule has 1 heterocycles. The summed E-state index contributed by atoms with van der Waals surface area (Å²) in [5, 5.41) is 3.66. The first-order valence-electron chi connectivity index (χ1n) is 7.58. The quantitative estimate of drug-likeness (QED) is 0.901. The molecule has 0 atom stereocenters. The van der Waals surface area contributed by atoms with Crippen molar-refractivity contribution in [1.82, 2.24) is 10.3 Å². The lowest BCUT2D eigenvalue weighted by Gasteiger charge is -2.13. The highest BCUT2D eigenvalue weighted by Crippen LogP contribution is 2.20. The Balaban J connectivity index is 1.71. The normalized spacial score (nSPS) is 15.7. The molecule has 2 nitrogen and oxygen atoms in total. The molecule has 0 saturated heterocycles. The van der Waals surface area contributed by atoms with Gasteiger partial charge in [-0.2, -0.15) is 0 Å². The van der Waals surface area contributed by atoms with Gasteiger partial charge >= 0.3 is 0 Å². The molecule has 0 unspecified atom stereocenters. The second kappa shape index (κ2) is 6.19. The summed E-state index contributed by atoms with van der Waals surface area (Å²) in [4.78, 5) is 4.75. The maximum Gasteiger partial charge on any atom is 0.0705 e. The van der Waals surface area contributed by atoms with Crippen molar-refractivity contribution in [2.75, 3.05) is 0 Å². The van der Waals surface area contributed by atoms with Crippen LogP contribution in [0.1, 0.15) is 36.9 Å². The van der Waals surface area contributed by atoms with Gasteiger partial charge < -0.3 is 5.32 Å². The third-order valence-electron chi connectivity index (χ3n) is 4.20. The Morgan fingerprint density at radius 1 is 1.05 bits per heavy atom. The summed E-state index contributed by atoms with van der Waals surface area (Å²) in [6, 6.07) is 15.4. The van der Waals surface area contributed by atoms with Crippen LogP contribution in [-0.4, -0.2) is 11.0 Å². The lowest BCUT2D eigenvalue weighted by Crippen LogP contribution is -2.25. The fourth-order valence-electron chi connectivity index (χ4n) is 2.93. The summed E-state index contributed by atoms with van der Waals surface area (Å²) in [7, 11) is 0. The molecule has 1 aromatic carbocycles. The van der Waals surface area contributed by atoms with Crippen molar-refractivity contribution in [3.63, 3.8) is 0 Å². The summed E-state index contributed by atoms with van der Waals surface area (Å²) in [6.45, 7) is 3.05. The van der Waals surface area contributed by atoms with Crippen molar-refractivity contribution in [3.05, 3.63) is 53.7 Å². The molecular formula is C18H22N2. The highest BCUT2D eigenvalue weighted by molar-refractivity contribution is 5.59. The van der Waals surface area contributed by atoms with Gasteiger partial charge in [-0.25, -0.2) is 0 Å². The Hall–Kier alpha value is -1.67. The van der Waals surface area contributed by atoms with E-state index in [1.807, 2.05) is 6.07 Å². The van der Waals surface area contributed by atoms with Crippen molar-refractivity contribution >= 4 is 0 Å². The van der Waals surface area contributed by atoms with E-state index in [0.717, 1.165) is 17.9 Å². The second-order valence-electron chi connectivity index (χ2n) is 5.67. The van der Waals surface area contributed by atoms with Crippen LogP contribution in [0.2, 0.25) is 0 Å². The average molecular weight is 266 g/mol. The van der Waals surface area contributed by atoms with E-state index in [0.29, 0.717) is 6.04 Å². The van der Waals surface area contributed by atoms with Crippen LogP contribution in [0.5, 0.6) is 0 Å². The highest BCUT2D eigenvalue weighted by Gasteiger charge is 2.14. The molecule has 1 aromatic heterocycles. The van der Waals surface area contributed by atoms with Gasteiger partial charge in [0.25, 0.3) is 0 Å². The van der Waals surface area contributed by atoms with Gasteiger partial charge in [-0.05, 0) is 31.4 Å². The van der Waals surface area contributed by atoms with E-state index >= 15 is 0 Å². The standard InChI is InChI=1S/C18H22N2/c1-14-16(13-19-17-9-5-6-10-17)11-12-18(20-14)15-7-3-2-4-8-15/h2-4,7-8,11-12,17,19H,5-6,9-10,13H2,1H3. The Labute approximate surface area is 121 Å². The van der Waals surface area contributed by atoms with Crippen LogP contribution in [0.3, 0.4) is 0 Å². The van der Waals surface area contributed by atoms with Crippen molar-refractivity contribution in [1.29, 1.82) is 0 Å². The smallest absolute Gasteiger partial charge is 0.0705 e. The molecule has 0 radical (unpaired) electrons. The summed E-state index contributed by atoms with van der Waals surface area (Å²) in [5.41, 5.74) is 4.70. The number of benzene rings is 1. The van der Waals surface area contributed by atoms with Crippen molar-refractivity contribution in [3.8, 4) is 11.3 Å². The minimum absolute atomic E-state index is 0.711. The molecule has 2 aromatic rings. The summed E-state index contributed by atoms with van der Waals surface area (Å²) in [5.74, 6) is 0. The monoisotopic (exact) mass is 266 g/mol. The van der Waals surface area contributed by atoms with Crippen LogP contribution >= 0.6 is 0 Å². The van der Waals surface area contributed by atoms with Gasteiger partial charge in [-0.15, -0.1) is 0 Å². The number of aryl methyl sites for hydroxylation is 1. The van der Waals surface area contributed by atoms with Gasteiger partial charge in [0, 0.05) is 23.8 Å². The van der Waals surface area contributed by atoms with Gasteiger partial charge in [-0.1, -0.05) is 49.2 Å². The number of aromatic nitrogens is 1. The fraction of sp³-hybridized carbons (Fsp3) is 0.389. The highest BCUT2D eigenvalue weighted by atomic mass is 14.9. The van der Waals surface area contributed by atoms with Crippen molar-refractivity contribution in [2.45, 2.75) is 45.2 Å². The van der Waals surface area contributed by atoms with Gasteiger partial charge in [0.15, 0.2) is 0 Å². The Morgan fingerprint density at radius 3 is 2.50 bits per heavy atom. The number of nitrogens with zero attached hydrogens (tertiary/aromatic N) is 1. The molecule has 2 heteroatoms. The Bertz CT molecular complexity index is 557. The molecule has 1 saturated carbocycles. The lowest BCUT2D eigenvalue weighted by molar-refractivity contribution is 0.522. The van der Waals surface area contributed by atoms with Crippen molar-refractivity contribution < 1.29 is 0 Å². The first-order chi connectivity index (χ1) is 9.83. The number of nitrogens with one attached hydrogen (secondary N) is 1. The summed E-state index contributed by atoms with van der Waals surface area (Å²) >= 11 is 0. The molecule has 20 heavy (non-hydrogen) atoms. The molecule has 1 aliphatic carbocycles. The number of rotatable bonds is 4. The van der Waals surface area contributed by atoms with Gasteiger partial charge in [0.05, 0.1) is 5.69 Å². The topological polar surface area (TPSA) is 24.9 Å². The predicted molar refractivity (Wildman–Crippen MR) is 83.5 cm³/mol. The minimum Gasteiger partial charge on any atom is -0.310 e. The molecule has 1 N–H and O–H groups in total. The average Bonchev–Trinajstić information content (AvgIpc) is 3.00. The third kappa shape index (κ3) is 3.07. The Kier molecular flexibility index (Phi) is 4.12. The maximum absolute atomic E-state index is 4.75. The van der Waals surface area contributed by atoms with Gasteiger partial charge in [0.1, 0.15) is 0 Å². The van der Waals surface area contributed by atoms with Gasteiger partial charge in [0.2, 0.25) is 0 Å². The number of hydrogen-bond acceptors (Lipinski definition) is 2. The zero-order chi connectivity index (χ0) is 13.8. The fourth-order valence-corrected chi connectivity index (χ4v) is 2.93. The first kappa shape index (κ1) is 13.3. The van der Waals surface area contributed by atoms with Gasteiger partial charge in [-0.3, -0.25) is 4.98 Å². The first-order valence-corrected chi connectivity index (χ1v) is 7.58. The molecule has 0 amide bonds. The SMILES string of the molecule is Cc1nc(-c2ccccc2)ccc1CNC1CCCC1. The summed E-state index contributed by atoms with van der Waals surface area (Å²) < 4.78 is 0. The van der Waals surface area contributed by atoms with Crippen molar-refractivity contribution in [2.24, 2.45) is 0 Å². The second-order valence-corrected chi connectivity index (χ2v) is 5.67. The van der Waals surface area contributed by atoms with Crippen LogP contribution in [0, 0.1) is 6.92 Å². The lowest BCUT2D eigenvalue weighted by atomic mass is 10.1. The van der Waals surface area contributed by atoms with Crippen LogP contribution in [-0.2, 0) is 6.54 Å². The Morgan fingerprint density at radius 2 is 1.80 bits per heavy atom. The molecule has 3 rings (SSSR count). The molecule has 0 bridgehead atoms. The van der Waals surface area contributed by atoms with E-state index in [1.54, 1.807) is 0 Å². The molecule has 104 valence electrons. The molecule has 1 fully saturated rings. The van der Waals surface area contributed by atoms with E-state index < -0.39 is 0 Å². The van der Waals surface area contributed by atoms with Crippen LogP contribution in [0.4, 0.5) is 0 Å². The predicted octanol–water partition coefficient (Wildman–Crippen LogP) is 4.09. The van der Waals surface area contributed by atoms with E-state index in [9.17, 15) is 0 Å². The van der Waals surface area contributed by atoms with E-state index in [2.05, 4.69) is 48.6 Å². The molecule has 0 aliphatic heterocycles. The third-order valence-corrected chi connectivity index (χ3v) is 4.20. The molecule has 1 aliphatic rings. The van der Waals surface area contributed by atoms with Crippen LogP contribution in [0.15, 0.2) is 42.5 Å². The zero-order valence-electron chi connectivity index (χ0n) is 12.1. The van der Waals surface area contributed by atoms with Crippen LogP contribution < -0.4 is 5.32 Å². The van der Waals surface area contributed by atoms with E-state index in [4.69, 9.17) is 4.98 Å². The molecule has 0 spiro atoms.